The molecule has 1 aliphatic rings. The first kappa shape index (κ1) is 16.7. The summed E-state index contributed by atoms with van der Waals surface area (Å²) in [4.78, 5) is 4.13. The number of nitrogens with one attached hydrogen (secondary N) is 1. The zero-order chi connectivity index (χ0) is 16.5. The molecular formula is C15H17ClN2O3S2. The maximum Gasteiger partial charge on any atom is 0.245 e. The Labute approximate surface area is 144 Å². The summed E-state index contributed by atoms with van der Waals surface area (Å²) in [5, 5.41) is 12.6. The number of para-hydroxylation sites is 1. The van der Waals surface area contributed by atoms with Crippen LogP contribution in [0.15, 0.2) is 34.7 Å². The number of nitrogens with zero attached hydrogens (tertiary/aromatic N) is 1. The molecule has 1 fully saturated rings. The summed E-state index contributed by atoms with van der Waals surface area (Å²) in [6.07, 6.45) is 6.02. The third-order valence-electron chi connectivity index (χ3n) is 4.12. The van der Waals surface area contributed by atoms with Crippen molar-refractivity contribution in [1.29, 1.82) is 0 Å². The predicted octanol–water partition coefficient (Wildman–Crippen LogP) is 3.64. The number of aromatic nitrogens is 1. The molecule has 0 aliphatic heterocycles. The highest BCUT2D eigenvalue weighted by atomic mass is 35.5. The summed E-state index contributed by atoms with van der Waals surface area (Å²) < 4.78 is 28.4. The van der Waals surface area contributed by atoms with E-state index in [2.05, 4.69) is 9.71 Å². The molecule has 1 aromatic heterocycles. The van der Waals surface area contributed by atoms with E-state index in [1.807, 2.05) is 5.38 Å². The van der Waals surface area contributed by atoms with E-state index in [1.165, 1.54) is 29.5 Å². The minimum absolute atomic E-state index is 0.0137. The molecular weight excluding hydrogens is 356 g/mol. The lowest BCUT2D eigenvalue weighted by Crippen LogP contribution is -2.47. The maximum atomic E-state index is 12.8. The number of aromatic hydroxyl groups is 1. The SMILES string of the molecule is O=S(=O)(NC1(c2nccs2)CCCCC1)c1cccc(Cl)c1O. The molecule has 2 N–H and O–H groups in total. The average Bonchev–Trinajstić information content (AvgIpc) is 3.05. The van der Waals surface area contributed by atoms with Gasteiger partial charge in [0.2, 0.25) is 10.0 Å². The van der Waals surface area contributed by atoms with Crippen LogP contribution in [-0.4, -0.2) is 18.5 Å². The maximum absolute atomic E-state index is 12.8. The van der Waals surface area contributed by atoms with Crippen molar-refractivity contribution in [3.63, 3.8) is 0 Å². The molecule has 1 aliphatic carbocycles. The second kappa shape index (κ2) is 6.39. The first-order valence-corrected chi connectivity index (χ1v) is 10.1. The van der Waals surface area contributed by atoms with Crippen LogP contribution in [0.3, 0.4) is 0 Å². The molecule has 5 nitrogen and oxygen atoms in total. The number of hydrogen-bond acceptors (Lipinski definition) is 5. The number of sulfonamides is 1. The molecule has 2 aromatic rings. The molecule has 0 amide bonds. The summed E-state index contributed by atoms with van der Waals surface area (Å²) in [6, 6.07) is 4.31. The Morgan fingerprint density at radius 1 is 1.26 bits per heavy atom. The zero-order valence-corrected chi connectivity index (χ0v) is 14.7. The van der Waals surface area contributed by atoms with Crippen LogP contribution in [0.25, 0.3) is 0 Å². The van der Waals surface area contributed by atoms with E-state index in [1.54, 1.807) is 6.20 Å². The lowest BCUT2D eigenvalue weighted by molar-refractivity contribution is 0.272. The highest BCUT2D eigenvalue weighted by Gasteiger charge is 2.40. The molecule has 0 saturated heterocycles. The molecule has 23 heavy (non-hydrogen) atoms. The van der Waals surface area contributed by atoms with Gasteiger partial charge in [-0.05, 0) is 25.0 Å². The van der Waals surface area contributed by atoms with Crippen molar-refractivity contribution in [2.75, 3.05) is 0 Å². The van der Waals surface area contributed by atoms with Gasteiger partial charge in [-0.15, -0.1) is 11.3 Å². The molecule has 0 unspecified atom stereocenters. The fourth-order valence-corrected chi connectivity index (χ4v) is 5.69. The van der Waals surface area contributed by atoms with Crippen molar-refractivity contribution in [2.24, 2.45) is 0 Å². The van der Waals surface area contributed by atoms with Crippen LogP contribution < -0.4 is 4.72 Å². The standard InChI is InChI=1S/C15H17ClN2O3S2/c16-11-5-4-6-12(13(11)19)23(20,21)18-15(7-2-1-3-8-15)14-17-9-10-22-14/h4-6,9-10,18-19H,1-3,7-8H2. The van der Waals surface area contributed by atoms with E-state index in [-0.39, 0.29) is 9.92 Å². The fourth-order valence-electron chi connectivity index (χ4n) is 3.00. The van der Waals surface area contributed by atoms with Crippen LogP contribution in [0.4, 0.5) is 0 Å². The molecule has 8 heteroatoms. The number of rotatable bonds is 4. The molecule has 0 spiro atoms. The number of phenols is 1. The van der Waals surface area contributed by atoms with E-state index in [0.29, 0.717) is 12.8 Å². The highest BCUT2D eigenvalue weighted by Crippen LogP contribution is 2.40. The zero-order valence-electron chi connectivity index (χ0n) is 12.3. The Morgan fingerprint density at radius 2 is 2.00 bits per heavy atom. The molecule has 1 saturated carbocycles. The van der Waals surface area contributed by atoms with E-state index in [9.17, 15) is 13.5 Å². The Kier molecular flexibility index (Phi) is 4.64. The molecule has 1 heterocycles. The van der Waals surface area contributed by atoms with Gasteiger partial charge in [0.25, 0.3) is 0 Å². The summed E-state index contributed by atoms with van der Waals surface area (Å²) >= 11 is 7.29. The molecule has 0 atom stereocenters. The van der Waals surface area contributed by atoms with Crippen LogP contribution >= 0.6 is 22.9 Å². The van der Waals surface area contributed by atoms with Crippen LogP contribution in [0.1, 0.15) is 37.1 Å². The van der Waals surface area contributed by atoms with Crippen molar-refractivity contribution < 1.29 is 13.5 Å². The summed E-state index contributed by atoms with van der Waals surface area (Å²) in [6.45, 7) is 0. The summed E-state index contributed by atoms with van der Waals surface area (Å²) in [7, 11) is -3.92. The van der Waals surface area contributed by atoms with Gasteiger partial charge in [0, 0.05) is 11.6 Å². The lowest BCUT2D eigenvalue weighted by atomic mass is 9.83. The van der Waals surface area contributed by atoms with Gasteiger partial charge < -0.3 is 5.11 Å². The Balaban J connectivity index is 2.01. The van der Waals surface area contributed by atoms with E-state index in [0.717, 1.165) is 24.3 Å². The molecule has 0 radical (unpaired) electrons. The van der Waals surface area contributed by atoms with Gasteiger partial charge in [-0.2, -0.15) is 4.72 Å². The highest BCUT2D eigenvalue weighted by molar-refractivity contribution is 7.89. The Morgan fingerprint density at radius 3 is 2.65 bits per heavy atom. The van der Waals surface area contributed by atoms with Crippen molar-refractivity contribution >= 4 is 33.0 Å². The smallest absolute Gasteiger partial charge is 0.245 e. The topological polar surface area (TPSA) is 79.3 Å². The minimum atomic E-state index is -3.92. The largest absolute Gasteiger partial charge is 0.505 e. The van der Waals surface area contributed by atoms with E-state index < -0.39 is 21.3 Å². The van der Waals surface area contributed by atoms with Gasteiger partial charge in [-0.1, -0.05) is 36.9 Å². The van der Waals surface area contributed by atoms with E-state index >= 15 is 0 Å². The molecule has 3 rings (SSSR count). The van der Waals surface area contributed by atoms with Crippen LogP contribution in [-0.2, 0) is 15.6 Å². The minimum Gasteiger partial charge on any atom is -0.505 e. The van der Waals surface area contributed by atoms with Crippen molar-refractivity contribution in [1.82, 2.24) is 9.71 Å². The van der Waals surface area contributed by atoms with Crippen molar-refractivity contribution in [3.05, 3.63) is 39.8 Å². The van der Waals surface area contributed by atoms with Crippen molar-refractivity contribution in [2.45, 2.75) is 42.5 Å². The third kappa shape index (κ3) is 3.24. The van der Waals surface area contributed by atoms with Crippen LogP contribution in [0.2, 0.25) is 5.02 Å². The predicted molar refractivity (Wildman–Crippen MR) is 90.3 cm³/mol. The first-order valence-electron chi connectivity index (χ1n) is 7.36. The van der Waals surface area contributed by atoms with Gasteiger partial charge in [0.1, 0.15) is 9.90 Å². The Bertz CT molecular complexity index is 785. The Hall–Kier alpha value is -1.15. The monoisotopic (exact) mass is 372 g/mol. The number of thiazole rings is 1. The van der Waals surface area contributed by atoms with Crippen molar-refractivity contribution in [3.8, 4) is 5.75 Å². The molecule has 124 valence electrons. The van der Waals surface area contributed by atoms with Crippen LogP contribution in [0, 0.1) is 0 Å². The summed E-state index contributed by atoms with van der Waals surface area (Å²) in [5.74, 6) is -0.424. The normalized spacial score (nSPS) is 18.0. The lowest BCUT2D eigenvalue weighted by Gasteiger charge is -2.36. The average molecular weight is 373 g/mol. The van der Waals surface area contributed by atoms with Gasteiger partial charge in [-0.25, -0.2) is 13.4 Å². The van der Waals surface area contributed by atoms with E-state index in [4.69, 9.17) is 11.6 Å². The van der Waals surface area contributed by atoms with Gasteiger partial charge >= 0.3 is 0 Å². The number of halogens is 1. The first-order chi connectivity index (χ1) is 10.9. The van der Waals surface area contributed by atoms with Gasteiger partial charge in [0.05, 0.1) is 10.6 Å². The fraction of sp³-hybridized carbons (Fsp3) is 0.400. The molecule has 0 bridgehead atoms. The number of benzene rings is 1. The van der Waals surface area contributed by atoms with Gasteiger partial charge in [-0.3, -0.25) is 0 Å². The second-order valence-electron chi connectivity index (χ2n) is 5.67. The number of hydrogen-bond donors (Lipinski definition) is 2. The number of phenolic OH excluding ortho intramolecular Hbond substituents is 1. The molecule has 1 aromatic carbocycles. The quantitative estimate of drug-likeness (QED) is 0.858. The van der Waals surface area contributed by atoms with Gasteiger partial charge in [0.15, 0.2) is 5.75 Å². The third-order valence-corrected chi connectivity index (χ3v) is 6.97. The van der Waals surface area contributed by atoms with Crippen LogP contribution in [0.5, 0.6) is 5.75 Å². The second-order valence-corrected chi connectivity index (χ2v) is 8.62. The summed E-state index contributed by atoms with van der Waals surface area (Å²) in [5.41, 5.74) is -0.708.